The number of benzene rings is 2. The van der Waals surface area contributed by atoms with Gasteiger partial charge >= 0.3 is 0 Å². The molecule has 1 aliphatic heterocycles. The maximum atomic E-state index is 13.1. The van der Waals surface area contributed by atoms with E-state index in [0.717, 1.165) is 5.56 Å². The zero-order valence-corrected chi connectivity index (χ0v) is 12.0. The van der Waals surface area contributed by atoms with E-state index in [4.69, 9.17) is 4.74 Å². The van der Waals surface area contributed by atoms with Crippen molar-refractivity contribution in [1.82, 2.24) is 5.32 Å². The van der Waals surface area contributed by atoms with Gasteiger partial charge in [0.25, 0.3) is 5.91 Å². The Morgan fingerprint density at radius 1 is 1.09 bits per heavy atom. The number of rotatable bonds is 3. The van der Waals surface area contributed by atoms with Gasteiger partial charge in [0.15, 0.2) is 6.23 Å². The summed E-state index contributed by atoms with van der Waals surface area (Å²) in [5.41, 5.74) is 1.86. The Balaban J connectivity index is 1.95. The van der Waals surface area contributed by atoms with Crippen molar-refractivity contribution in [2.45, 2.75) is 12.3 Å². The number of amides is 1. The highest BCUT2D eigenvalue weighted by Gasteiger charge is 2.34. The Morgan fingerprint density at radius 2 is 1.77 bits per heavy atom. The Morgan fingerprint density at radius 3 is 2.41 bits per heavy atom. The number of nitrogens with one attached hydrogen (secondary N) is 1. The molecule has 0 aromatic heterocycles. The van der Waals surface area contributed by atoms with Gasteiger partial charge in [0.1, 0.15) is 17.6 Å². The molecule has 0 unspecified atom stereocenters. The molecule has 2 atom stereocenters. The van der Waals surface area contributed by atoms with Crippen LogP contribution < -0.4 is 5.32 Å². The third-order valence-electron chi connectivity index (χ3n) is 3.49. The van der Waals surface area contributed by atoms with Crippen LogP contribution in [0.1, 0.15) is 23.5 Å². The fourth-order valence-electron chi connectivity index (χ4n) is 2.37. The molecule has 0 spiro atoms. The van der Waals surface area contributed by atoms with Crippen LogP contribution in [0.5, 0.6) is 0 Å². The van der Waals surface area contributed by atoms with Crippen molar-refractivity contribution in [1.29, 1.82) is 0 Å². The number of halogens is 1. The van der Waals surface area contributed by atoms with Crippen molar-refractivity contribution >= 4 is 11.6 Å². The predicted molar refractivity (Wildman–Crippen MR) is 80.9 cm³/mol. The first-order valence-electron chi connectivity index (χ1n) is 6.94. The summed E-state index contributed by atoms with van der Waals surface area (Å²) in [4.78, 5) is 16.4. The molecule has 0 bridgehead atoms. The van der Waals surface area contributed by atoms with Gasteiger partial charge in [-0.05, 0) is 17.7 Å². The highest BCUT2D eigenvalue weighted by Crippen LogP contribution is 2.35. The van der Waals surface area contributed by atoms with E-state index in [1.165, 1.54) is 12.1 Å². The molecule has 0 fully saturated rings. The third kappa shape index (κ3) is 2.76. The molecular weight excluding hydrogens is 283 g/mol. The molecule has 1 aliphatic rings. The molecule has 1 heterocycles. The lowest BCUT2D eigenvalue weighted by Gasteiger charge is -2.14. The van der Waals surface area contributed by atoms with Gasteiger partial charge in [-0.15, -0.1) is 0 Å². The van der Waals surface area contributed by atoms with E-state index in [2.05, 4.69) is 10.3 Å². The number of nitrogens with zero attached hydrogens (tertiary/aromatic N) is 1. The molecule has 5 heteroatoms. The van der Waals surface area contributed by atoms with Crippen LogP contribution in [0.3, 0.4) is 0 Å². The zero-order chi connectivity index (χ0) is 15.5. The first-order valence-corrected chi connectivity index (χ1v) is 6.94. The van der Waals surface area contributed by atoms with Crippen molar-refractivity contribution in [2.24, 2.45) is 4.99 Å². The van der Waals surface area contributed by atoms with Crippen LogP contribution >= 0.6 is 0 Å². The number of ether oxygens (including phenoxy) is 1. The lowest BCUT2D eigenvalue weighted by Crippen LogP contribution is -2.30. The summed E-state index contributed by atoms with van der Waals surface area (Å²) in [7, 11) is 1.54. The van der Waals surface area contributed by atoms with Gasteiger partial charge in [-0.2, -0.15) is 0 Å². The SMILES string of the molecule is CNC(=O)C1=N[C@@H](c2ccccc2)O[C@@H]1c1ccc(F)cc1. The number of hydrogen-bond acceptors (Lipinski definition) is 3. The van der Waals surface area contributed by atoms with Gasteiger partial charge in [0.2, 0.25) is 0 Å². The second-order valence-corrected chi connectivity index (χ2v) is 4.92. The van der Waals surface area contributed by atoms with Crippen molar-refractivity contribution in [3.05, 3.63) is 71.5 Å². The Labute approximate surface area is 127 Å². The molecule has 1 amide bonds. The number of carbonyl (C=O) groups excluding carboxylic acids is 1. The molecular formula is C17H15FN2O2. The summed E-state index contributed by atoms with van der Waals surface area (Å²) in [6.07, 6.45) is -1.14. The van der Waals surface area contributed by atoms with Crippen molar-refractivity contribution in [3.8, 4) is 0 Å². The molecule has 2 aromatic carbocycles. The van der Waals surface area contributed by atoms with Crippen LogP contribution in [-0.4, -0.2) is 18.7 Å². The summed E-state index contributed by atoms with van der Waals surface area (Å²) >= 11 is 0. The van der Waals surface area contributed by atoms with Crippen LogP contribution in [0.25, 0.3) is 0 Å². The first-order chi connectivity index (χ1) is 10.7. The van der Waals surface area contributed by atoms with Gasteiger partial charge in [0, 0.05) is 12.6 Å². The van der Waals surface area contributed by atoms with E-state index in [1.807, 2.05) is 30.3 Å². The Hall–Kier alpha value is -2.53. The molecule has 22 heavy (non-hydrogen) atoms. The molecule has 0 aliphatic carbocycles. The van der Waals surface area contributed by atoms with Crippen LogP contribution in [-0.2, 0) is 9.53 Å². The van der Waals surface area contributed by atoms with E-state index >= 15 is 0 Å². The van der Waals surface area contributed by atoms with Crippen LogP contribution in [0.4, 0.5) is 4.39 Å². The van der Waals surface area contributed by atoms with Gasteiger partial charge < -0.3 is 10.1 Å². The molecule has 112 valence electrons. The lowest BCUT2D eigenvalue weighted by molar-refractivity contribution is -0.114. The normalized spacial score (nSPS) is 20.5. The smallest absolute Gasteiger partial charge is 0.268 e. The summed E-state index contributed by atoms with van der Waals surface area (Å²) in [6.45, 7) is 0. The van der Waals surface area contributed by atoms with Crippen LogP contribution in [0, 0.1) is 5.82 Å². The number of carbonyl (C=O) groups is 1. The third-order valence-corrected chi connectivity index (χ3v) is 3.49. The van der Waals surface area contributed by atoms with Gasteiger partial charge in [-0.1, -0.05) is 42.5 Å². The van der Waals surface area contributed by atoms with E-state index in [1.54, 1.807) is 19.2 Å². The second kappa shape index (κ2) is 6.07. The highest BCUT2D eigenvalue weighted by molar-refractivity contribution is 6.40. The van der Waals surface area contributed by atoms with E-state index < -0.39 is 12.3 Å². The van der Waals surface area contributed by atoms with Crippen molar-refractivity contribution in [2.75, 3.05) is 7.05 Å². The average Bonchev–Trinajstić information content (AvgIpc) is 3.01. The largest absolute Gasteiger partial charge is 0.354 e. The quantitative estimate of drug-likeness (QED) is 0.947. The minimum Gasteiger partial charge on any atom is -0.354 e. The molecule has 1 N–H and O–H groups in total. The minimum absolute atomic E-state index is 0.294. The maximum absolute atomic E-state index is 13.1. The van der Waals surface area contributed by atoms with Crippen molar-refractivity contribution < 1.29 is 13.9 Å². The fraction of sp³-hybridized carbons (Fsp3) is 0.176. The van der Waals surface area contributed by atoms with E-state index in [0.29, 0.717) is 11.3 Å². The minimum atomic E-state index is -0.606. The fourth-order valence-corrected chi connectivity index (χ4v) is 2.37. The van der Waals surface area contributed by atoms with Gasteiger partial charge in [-0.25, -0.2) is 9.38 Å². The molecule has 4 nitrogen and oxygen atoms in total. The first kappa shape index (κ1) is 14.4. The molecule has 0 saturated carbocycles. The summed E-state index contributed by atoms with van der Waals surface area (Å²) < 4.78 is 19.0. The van der Waals surface area contributed by atoms with Crippen molar-refractivity contribution in [3.63, 3.8) is 0 Å². The summed E-state index contributed by atoms with van der Waals surface area (Å²) in [5, 5.41) is 2.57. The zero-order valence-electron chi connectivity index (χ0n) is 12.0. The molecule has 0 saturated heterocycles. The number of aliphatic imine (C=N–C) groups is 1. The van der Waals surface area contributed by atoms with E-state index in [9.17, 15) is 9.18 Å². The Kier molecular flexibility index (Phi) is 3.98. The molecule has 3 rings (SSSR count). The van der Waals surface area contributed by atoms with E-state index in [-0.39, 0.29) is 11.7 Å². The van der Waals surface area contributed by atoms with Gasteiger partial charge in [0.05, 0.1) is 0 Å². The molecule has 2 aromatic rings. The topological polar surface area (TPSA) is 50.7 Å². The number of hydrogen-bond donors (Lipinski definition) is 1. The summed E-state index contributed by atoms with van der Waals surface area (Å²) in [5.74, 6) is -0.632. The predicted octanol–water partition coefficient (Wildman–Crippen LogP) is 2.78. The van der Waals surface area contributed by atoms with Crippen LogP contribution in [0.2, 0.25) is 0 Å². The molecule has 0 radical (unpaired) electrons. The van der Waals surface area contributed by atoms with Gasteiger partial charge in [-0.3, -0.25) is 4.79 Å². The average molecular weight is 298 g/mol. The Bertz CT molecular complexity index is 698. The monoisotopic (exact) mass is 298 g/mol. The second-order valence-electron chi connectivity index (χ2n) is 4.92. The van der Waals surface area contributed by atoms with Crippen LogP contribution in [0.15, 0.2) is 59.6 Å². The maximum Gasteiger partial charge on any atom is 0.268 e. The summed E-state index contributed by atoms with van der Waals surface area (Å²) in [6, 6.07) is 15.4. The highest BCUT2D eigenvalue weighted by atomic mass is 19.1. The standard InChI is InChI=1S/C17H15FN2O2/c1-19-16(21)14-15(11-7-9-13(18)10-8-11)22-17(20-14)12-5-3-2-4-6-12/h2-10,15,17H,1H3,(H,19,21)/t15-,17-/m1/s1. The lowest BCUT2D eigenvalue weighted by atomic mass is 10.0.